The van der Waals surface area contributed by atoms with Crippen molar-refractivity contribution in [3.63, 3.8) is 0 Å². The molecule has 0 aromatic heterocycles. The number of ether oxygens (including phenoxy) is 2. The standard InChI is InChI=1S/C15H23NO3S/c1-5-11(3)20-14-9-7-13(8-10-14)19-12(4)16-15(17)18-6-2/h7-12H,5-6H2,1-4H3,(H,16,17). The van der Waals surface area contributed by atoms with E-state index < -0.39 is 12.3 Å². The van der Waals surface area contributed by atoms with E-state index in [-0.39, 0.29) is 0 Å². The van der Waals surface area contributed by atoms with Crippen LogP contribution in [0.2, 0.25) is 0 Å². The zero-order chi connectivity index (χ0) is 15.0. The van der Waals surface area contributed by atoms with Crippen molar-refractivity contribution in [3.8, 4) is 5.75 Å². The summed E-state index contributed by atoms with van der Waals surface area (Å²) in [7, 11) is 0. The molecule has 1 aromatic carbocycles. The minimum atomic E-state index is -0.469. The highest BCUT2D eigenvalue weighted by Crippen LogP contribution is 2.26. The number of amides is 1. The van der Waals surface area contributed by atoms with E-state index in [0.29, 0.717) is 11.9 Å². The van der Waals surface area contributed by atoms with Crippen LogP contribution in [-0.4, -0.2) is 24.2 Å². The maximum atomic E-state index is 11.2. The van der Waals surface area contributed by atoms with Crippen molar-refractivity contribution in [2.75, 3.05) is 6.61 Å². The number of hydrogen-bond acceptors (Lipinski definition) is 4. The molecular formula is C15H23NO3S. The lowest BCUT2D eigenvalue weighted by Crippen LogP contribution is -2.37. The molecule has 5 heteroatoms. The van der Waals surface area contributed by atoms with Crippen molar-refractivity contribution < 1.29 is 14.3 Å². The minimum absolute atomic E-state index is 0.347. The Morgan fingerprint density at radius 2 is 1.90 bits per heavy atom. The van der Waals surface area contributed by atoms with Crippen molar-refractivity contribution in [1.29, 1.82) is 0 Å². The zero-order valence-electron chi connectivity index (χ0n) is 12.5. The van der Waals surface area contributed by atoms with Crippen molar-refractivity contribution in [3.05, 3.63) is 24.3 Å². The average Bonchev–Trinajstić information content (AvgIpc) is 2.41. The third-order valence-corrected chi connectivity index (χ3v) is 3.93. The summed E-state index contributed by atoms with van der Waals surface area (Å²) in [6.07, 6.45) is 0.245. The third-order valence-electron chi connectivity index (χ3n) is 2.65. The first-order chi connectivity index (χ1) is 9.55. The Morgan fingerprint density at radius 3 is 2.45 bits per heavy atom. The lowest BCUT2D eigenvalue weighted by molar-refractivity contribution is 0.120. The highest BCUT2D eigenvalue weighted by molar-refractivity contribution is 7.99. The highest BCUT2D eigenvalue weighted by atomic mass is 32.2. The van der Waals surface area contributed by atoms with Gasteiger partial charge in [0.1, 0.15) is 5.75 Å². The second-order valence-corrected chi connectivity index (χ2v) is 5.94. The Bertz CT molecular complexity index is 408. The van der Waals surface area contributed by atoms with Crippen LogP contribution >= 0.6 is 11.8 Å². The molecule has 4 nitrogen and oxygen atoms in total. The summed E-state index contributed by atoms with van der Waals surface area (Å²) in [5.41, 5.74) is 0. The van der Waals surface area contributed by atoms with Gasteiger partial charge in [0.2, 0.25) is 0 Å². The van der Waals surface area contributed by atoms with Gasteiger partial charge in [-0.15, -0.1) is 11.8 Å². The van der Waals surface area contributed by atoms with Crippen LogP contribution in [0.25, 0.3) is 0 Å². The number of carbonyl (C=O) groups is 1. The lowest BCUT2D eigenvalue weighted by Gasteiger charge is -2.16. The maximum Gasteiger partial charge on any atom is 0.409 e. The Hall–Kier alpha value is -1.36. The second kappa shape index (κ2) is 8.74. The molecule has 0 radical (unpaired) electrons. The number of thioether (sulfide) groups is 1. The summed E-state index contributed by atoms with van der Waals surface area (Å²) in [5, 5.41) is 3.20. The molecule has 0 saturated heterocycles. The summed E-state index contributed by atoms with van der Waals surface area (Å²) in [4.78, 5) is 12.5. The molecule has 0 bridgehead atoms. The van der Waals surface area contributed by atoms with Gasteiger partial charge in [-0.1, -0.05) is 13.8 Å². The summed E-state index contributed by atoms with van der Waals surface area (Å²) in [5.74, 6) is 0.725. The van der Waals surface area contributed by atoms with Gasteiger partial charge in [0.15, 0.2) is 6.23 Å². The van der Waals surface area contributed by atoms with Gasteiger partial charge in [0, 0.05) is 10.1 Å². The predicted molar refractivity (Wildman–Crippen MR) is 82.3 cm³/mol. The predicted octanol–water partition coefficient (Wildman–Crippen LogP) is 4.05. The van der Waals surface area contributed by atoms with E-state index in [1.54, 1.807) is 13.8 Å². The third kappa shape index (κ3) is 6.19. The van der Waals surface area contributed by atoms with Crippen molar-refractivity contribution >= 4 is 17.9 Å². The number of carbonyl (C=O) groups excluding carboxylic acids is 1. The molecule has 0 heterocycles. The van der Waals surface area contributed by atoms with E-state index in [0.717, 1.165) is 12.2 Å². The van der Waals surface area contributed by atoms with Crippen LogP contribution in [0.3, 0.4) is 0 Å². The van der Waals surface area contributed by atoms with Crippen LogP contribution in [0.4, 0.5) is 4.79 Å². The molecule has 0 aliphatic rings. The normalized spacial score (nSPS) is 13.4. The molecular weight excluding hydrogens is 274 g/mol. The molecule has 1 rings (SSSR count). The van der Waals surface area contributed by atoms with Gasteiger partial charge in [0.05, 0.1) is 6.61 Å². The van der Waals surface area contributed by atoms with Gasteiger partial charge in [-0.2, -0.15) is 0 Å². The van der Waals surface area contributed by atoms with Crippen molar-refractivity contribution in [1.82, 2.24) is 5.32 Å². The molecule has 112 valence electrons. The van der Waals surface area contributed by atoms with E-state index in [9.17, 15) is 4.79 Å². The molecule has 2 atom stereocenters. The monoisotopic (exact) mass is 297 g/mol. The second-order valence-electron chi connectivity index (χ2n) is 4.43. The number of nitrogens with one attached hydrogen (secondary N) is 1. The molecule has 0 spiro atoms. The Morgan fingerprint density at radius 1 is 1.25 bits per heavy atom. The first kappa shape index (κ1) is 16.7. The zero-order valence-corrected chi connectivity index (χ0v) is 13.3. The summed E-state index contributed by atoms with van der Waals surface area (Å²) in [6.45, 7) is 8.26. The molecule has 20 heavy (non-hydrogen) atoms. The van der Waals surface area contributed by atoms with Crippen molar-refractivity contribution in [2.45, 2.75) is 50.5 Å². The number of benzene rings is 1. The highest BCUT2D eigenvalue weighted by Gasteiger charge is 2.09. The molecule has 0 aliphatic carbocycles. The fourth-order valence-corrected chi connectivity index (χ4v) is 2.41. The topological polar surface area (TPSA) is 47.6 Å². The van der Waals surface area contributed by atoms with Crippen molar-refractivity contribution in [2.24, 2.45) is 0 Å². The first-order valence-corrected chi connectivity index (χ1v) is 7.79. The minimum Gasteiger partial charge on any atom is -0.471 e. The van der Waals surface area contributed by atoms with Crippen LogP contribution < -0.4 is 10.1 Å². The van der Waals surface area contributed by atoms with Gasteiger partial charge in [-0.05, 0) is 44.5 Å². The van der Waals surface area contributed by atoms with Gasteiger partial charge in [-0.3, -0.25) is 5.32 Å². The fourth-order valence-electron chi connectivity index (χ4n) is 1.48. The first-order valence-electron chi connectivity index (χ1n) is 6.91. The number of hydrogen-bond donors (Lipinski definition) is 1. The quantitative estimate of drug-likeness (QED) is 0.609. The number of rotatable bonds is 7. The van der Waals surface area contributed by atoms with Gasteiger partial charge < -0.3 is 9.47 Å². The molecule has 0 aliphatic heterocycles. The SMILES string of the molecule is CCOC(=O)NC(C)Oc1ccc(SC(C)CC)cc1. The number of alkyl carbamates (subject to hydrolysis) is 1. The molecule has 1 N–H and O–H groups in total. The van der Waals surface area contributed by atoms with Crippen LogP contribution in [0.15, 0.2) is 29.2 Å². The molecule has 1 aromatic rings. The van der Waals surface area contributed by atoms with E-state index in [2.05, 4.69) is 19.2 Å². The van der Waals surface area contributed by atoms with E-state index in [4.69, 9.17) is 9.47 Å². The molecule has 2 unspecified atom stereocenters. The van der Waals surface area contributed by atoms with Crippen LogP contribution in [0, 0.1) is 0 Å². The van der Waals surface area contributed by atoms with E-state index >= 15 is 0 Å². The van der Waals surface area contributed by atoms with Gasteiger partial charge in [0.25, 0.3) is 0 Å². The fraction of sp³-hybridized carbons (Fsp3) is 0.533. The average molecular weight is 297 g/mol. The molecule has 1 amide bonds. The molecule has 0 saturated carbocycles. The van der Waals surface area contributed by atoms with Crippen LogP contribution in [0.1, 0.15) is 34.1 Å². The maximum absolute atomic E-state index is 11.2. The smallest absolute Gasteiger partial charge is 0.409 e. The Labute approximate surface area is 125 Å². The molecule has 0 fully saturated rings. The Balaban J connectivity index is 2.46. The van der Waals surface area contributed by atoms with Crippen LogP contribution in [-0.2, 0) is 4.74 Å². The lowest BCUT2D eigenvalue weighted by atomic mass is 10.3. The van der Waals surface area contributed by atoms with Crippen LogP contribution in [0.5, 0.6) is 5.75 Å². The van der Waals surface area contributed by atoms with E-state index in [1.807, 2.05) is 36.0 Å². The summed E-state index contributed by atoms with van der Waals surface area (Å²) in [6, 6.07) is 7.88. The largest absolute Gasteiger partial charge is 0.471 e. The summed E-state index contributed by atoms with van der Waals surface area (Å²) < 4.78 is 10.4. The van der Waals surface area contributed by atoms with Gasteiger partial charge in [-0.25, -0.2) is 4.79 Å². The van der Waals surface area contributed by atoms with E-state index in [1.165, 1.54) is 4.90 Å². The Kier molecular flexibility index (Phi) is 7.30. The van der Waals surface area contributed by atoms with Gasteiger partial charge >= 0.3 is 6.09 Å². The summed E-state index contributed by atoms with van der Waals surface area (Å²) >= 11 is 1.84.